The van der Waals surface area contributed by atoms with E-state index < -0.39 is 4.87 Å². The summed E-state index contributed by atoms with van der Waals surface area (Å²) < 4.78 is 13.3. The molecule has 4 nitrogen and oxygen atoms in total. The van der Waals surface area contributed by atoms with Gasteiger partial charge in [0.25, 0.3) is 5.91 Å². The Labute approximate surface area is 143 Å². The fourth-order valence-corrected chi connectivity index (χ4v) is 4.77. The van der Waals surface area contributed by atoms with Crippen molar-refractivity contribution in [2.24, 2.45) is 0 Å². The molecule has 2 aromatic carbocycles. The van der Waals surface area contributed by atoms with Gasteiger partial charge in [0.05, 0.1) is 11.4 Å². The predicted octanol–water partition coefficient (Wildman–Crippen LogP) is 3.33. The minimum Gasteiger partial charge on any atom is -0.322 e. The van der Waals surface area contributed by atoms with Gasteiger partial charge in [-0.05, 0) is 43.7 Å². The highest BCUT2D eigenvalue weighted by Gasteiger charge is 2.58. The molecule has 0 radical (unpaired) electrons. The number of benzene rings is 2. The number of rotatable bonds is 1. The van der Waals surface area contributed by atoms with Gasteiger partial charge >= 0.3 is 0 Å². The maximum atomic E-state index is 13.3. The normalized spacial score (nSPS) is 22.2. The molecule has 6 heteroatoms. The van der Waals surface area contributed by atoms with E-state index >= 15 is 0 Å². The molecule has 1 N–H and O–H groups in total. The average Bonchev–Trinajstić information content (AvgIpc) is 3.02. The van der Waals surface area contributed by atoms with E-state index in [2.05, 4.69) is 5.32 Å². The Kier molecular flexibility index (Phi) is 3.22. The molecule has 1 fully saturated rings. The van der Waals surface area contributed by atoms with Gasteiger partial charge in [-0.15, -0.1) is 11.8 Å². The second-order valence-electron chi connectivity index (χ2n) is 6.10. The summed E-state index contributed by atoms with van der Waals surface area (Å²) >= 11 is 1.31. The number of nitrogens with zero attached hydrogens (tertiary/aromatic N) is 1. The third-order valence-corrected chi connectivity index (χ3v) is 5.84. The largest absolute Gasteiger partial charge is 0.322 e. The number of hydrogen-bond acceptors (Lipinski definition) is 3. The van der Waals surface area contributed by atoms with Crippen LogP contribution < -0.4 is 10.2 Å². The fraction of sp³-hybridized carbons (Fsp3) is 0.222. The first-order valence-electron chi connectivity index (χ1n) is 7.59. The van der Waals surface area contributed by atoms with Gasteiger partial charge in [-0.3, -0.25) is 14.5 Å². The second kappa shape index (κ2) is 5.08. The number of nitrogens with one attached hydrogen (secondary N) is 1. The first kappa shape index (κ1) is 15.2. The van der Waals surface area contributed by atoms with Crippen LogP contribution >= 0.6 is 11.8 Å². The van der Waals surface area contributed by atoms with Crippen LogP contribution in [0.4, 0.5) is 15.8 Å². The summed E-state index contributed by atoms with van der Waals surface area (Å²) in [4.78, 5) is 25.9. The van der Waals surface area contributed by atoms with Crippen LogP contribution in [0.3, 0.4) is 0 Å². The highest BCUT2D eigenvalue weighted by Crippen LogP contribution is 2.54. The molecule has 2 aliphatic heterocycles. The number of thioether (sulfide) groups is 1. The molecule has 2 amide bonds. The lowest BCUT2D eigenvalue weighted by atomic mass is 9.99. The third-order valence-electron chi connectivity index (χ3n) is 4.44. The number of amides is 2. The summed E-state index contributed by atoms with van der Waals surface area (Å²) in [5.41, 5.74) is 4.08. The number of aryl methyl sites for hydroxylation is 2. The highest BCUT2D eigenvalue weighted by molar-refractivity contribution is 8.02. The van der Waals surface area contributed by atoms with Crippen LogP contribution in [0.15, 0.2) is 36.4 Å². The lowest BCUT2D eigenvalue weighted by Gasteiger charge is -2.32. The average molecular weight is 342 g/mol. The summed E-state index contributed by atoms with van der Waals surface area (Å²) in [5, 5.41) is 2.93. The minimum atomic E-state index is -1.12. The van der Waals surface area contributed by atoms with Crippen LogP contribution in [0, 0.1) is 19.7 Å². The second-order valence-corrected chi connectivity index (χ2v) is 7.26. The molecule has 122 valence electrons. The van der Waals surface area contributed by atoms with Crippen molar-refractivity contribution in [2.45, 2.75) is 18.7 Å². The maximum absolute atomic E-state index is 13.3. The van der Waals surface area contributed by atoms with Gasteiger partial charge in [0.1, 0.15) is 5.82 Å². The van der Waals surface area contributed by atoms with Crippen LogP contribution in [0.2, 0.25) is 0 Å². The smallest absolute Gasteiger partial charge is 0.266 e. The van der Waals surface area contributed by atoms with E-state index in [1.54, 1.807) is 0 Å². The molecule has 24 heavy (non-hydrogen) atoms. The topological polar surface area (TPSA) is 49.4 Å². The van der Waals surface area contributed by atoms with Gasteiger partial charge < -0.3 is 5.32 Å². The Morgan fingerprint density at radius 2 is 1.88 bits per heavy atom. The van der Waals surface area contributed by atoms with Crippen LogP contribution in [0.1, 0.15) is 16.7 Å². The molecule has 2 heterocycles. The predicted molar refractivity (Wildman–Crippen MR) is 92.6 cm³/mol. The Bertz CT molecular complexity index is 881. The maximum Gasteiger partial charge on any atom is 0.266 e. The Balaban J connectivity index is 1.95. The molecule has 1 spiro atoms. The van der Waals surface area contributed by atoms with Gasteiger partial charge in [0.2, 0.25) is 10.8 Å². The van der Waals surface area contributed by atoms with E-state index in [1.807, 2.05) is 26.0 Å². The molecule has 2 aliphatic rings. The van der Waals surface area contributed by atoms with E-state index in [-0.39, 0.29) is 23.4 Å². The van der Waals surface area contributed by atoms with Gasteiger partial charge in [0, 0.05) is 11.3 Å². The highest BCUT2D eigenvalue weighted by atomic mass is 32.2. The summed E-state index contributed by atoms with van der Waals surface area (Å²) in [7, 11) is 0. The van der Waals surface area contributed by atoms with Gasteiger partial charge in [-0.1, -0.05) is 17.7 Å². The molecule has 4 rings (SSSR count). The van der Waals surface area contributed by atoms with Crippen molar-refractivity contribution in [1.29, 1.82) is 0 Å². The van der Waals surface area contributed by atoms with Crippen LogP contribution in [-0.2, 0) is 14.5 Å². The molecule has 0 aliphatic carbocycles. The first-order chi connectivity index (χ1) is 11.4. The van der Waals surface area contributed by atoms with Crippen molar-refractivity contribution in [3.8, 4) is 0 Å². The van der Waals surface area contributed by atoms with Crippen molar-refractivity contribution >= 4 is 35.0 Å². The zero-order valence-electron chi connectivity index (χ0n) is 13.2. The van der Waals surface area contributed by atoms with Crippen LogP contribution in [-0.4, -0.2) is 17.6 Å². The van der Waals surface area contributed by atoms with E-state index in [4.69, 9.17) is 0 Å². The Morgan fingerprint density at radius 3 is 2.58 bits per heavy atom. The van der Waals surface area contributed by atoms with Gasteiger partial charge in [0.15, 0.2) is 0 Å². The number of anilines is 2. The van der Waals surface area contributed by atoms with E-state index in [0.717, 1.165) is 22.4 Å². The van der Waals surface area contributed by atoms with Gasteiger partial charge in [-0.25, -0.2) is 4.39 Å². The van der Waals surface area contributed by atoms with Crippen molar-refractivity contribution in [2.75, 3.05) is 16.0 Å². The first-order valence-corrected chi connectivity index (χ1v) is 8.58. The third kappa shape index (κ3) is 1.92. The number of carbonyl (C=O) groups excluding carboxylic acids is 2. The van der Waals surface area contributed by atoms with Crippen LogP contribution in [0.5, 0.6) is 0 Å². The van der Waals surface area contributed by atoms with E-state index in [9.17, 15) is 14.0 Å². The van der Waals surface area contributed by atoms with Crippen molar-refractivity contribution < 1.29 is 14.0 Å². The summed E-state index contributed by atoms with van der Waals surface area (Å²) in [6.45, 7) is 3.91. The van der Waals surface area contributed by atoms with Crippen LogP contribution in [0.25, 0.3) is 0 Å². The molecular formula is C18H15FN2O2S. The summed E-state index contributed by atoms with van der Waals surface area (Å²) in [6, 6.07) is 9.62. The summed E-state index contributed by atoms with van der Waals surface area (Å²) in [5.74, 6) is -0.563. The Hall–Kier alpha value is -2.34. The minimum absolute atomic E-state index is 0.159. The molecule has 0 bridgehead atoms. The van der Waals surface area contributed by atoms with Crippen molar-refractivity contribution in [3.63, 3.8) is 0 Å². The van der Waals surface area contributed by atoms with E-state index in [1.165, 1.54) is 40.9 Å². The Morgan fingerprint density at radius 1 is 1.17 bits per heavy atom. The van der Waals surface area contributed by atoms with E-state index in [0.29, 0.717) is 5.69 Å². The standard InChI is InChI=1S/C18H15FN2O2S/c1-10-7-11(2)16-14(8-10)18(17(23)20-16)21(15(22)9-24-18)13-5-3-12(19)4-6-13/h3-8H,9H2,1-2H3,(H,20,23)/t18-/m0/s1. The number of carbonyl (C=O) groups is 2. The molecular weight excluding hydrogens is 327 g/mol. The van der Waals surface area contributed by atoms with Gasteiger partial charge in [-0.2, -0.15) is 0 Å². The molecule has 1 atom stereocenters. The summed E-state index contributed by atoms with van der Waals surface area (Å²) in [6.07, 6.45) is 0. The molecule has 0 aromatic heterocycles. The number of fused-ring (bicyclic) bond motifs is 2. The lowest BCUT2D eigenvalue weighted by Crippen LogP contribution is -2.47. The number of hydrogen-bond donors (Lipinski definition) is 1. The van der Waals surface area contributed by atoms with Crippen molar-refractivity contribution in [1.82, 2.24) is 0 Å². The lowest BCUT2D eigenvalue weighted by molar-refractivity contribution is -0.122. The fourth-order valence-electron chi connectivity index (χ4n) is 3.47. The quantitative estimate of drug-likeness (QED) is 0.865. The molecule has 0 saturated carbocycles. The zero-order valence-corrected chi connectivity index (χ0v) is 14.0. The van der Waals surface area contributed by atoms with Crippen molar-refractivity contribution in [3.05, 3.63) is 58.9 Å². The molecule has 2 aromatic rings. The SMILES string of the molecule is Cc1cc(C)c2c(c1)[C@]1(SCC(=O)N1c1ccc(F)cc1)C(=O)N2. The number of halogens is 1. The molecule has 0 unspecified atom stereocenters. The monoisotopic (exact) mass is 342 g/mol. The zero-order chi connectivity index (χ0) is 17.1. The molecule has 1 saturated heterocycles.